The summed E-state index contributed by atoms with van der Waals surface area (Å²) in [6.07, 6.45) is 3.04. The topological polar surface area (TPSA) is 713 Å². The number of carbonyl (C=O) groups excluding carboxylic acids is 13. The van der Waals surface area contributed by atoms with Crippen molar-refractivity contribution < 1.29 is 72.2 Å². The minimum Gasteiger partial charge on any atom is -0.481 e. The lowest BCUT2D eigenvalue weighted by molar-refractivity contribution is -0.142. The zero-order chi connectivity index (χ0) is 82.7. The van der Waals surface area contributed by atoms with E-state index in [4.69, 9.17) is 57.3 Å². The van der Waals surface area contributed by atoms with Crippen LogP contribution in [0.15, 0.2) is 50.3 Å². The van der Waals surface area contributed by atoms with Crippen molar-refractivity contribution in [2.75, 3.05) is 50.8 Å². The largest absolute Gasteiger partial charge is 0.481 e. The summed E-state index contributed by atoms with van der Waals surface area (Å²) >= 11 is 0. The van der Waals surface area contributed by atoms with Gasteiger partial charge in [0.25, 0.3) is 0 Å². The lowest BCUT2D eigenvalue weighted by Gasteiger charge is -2.30. The molecule has 620 valence electrons. The Labute approximate surface area is 652 Å². The molecule has 1 saturated carbocycles. The maximum absolute atomic E-state index is 14.9. The zero-order valence-corrected chi connectivity index (χ0v) is 65.0. The van der Waals surface area contributed by atoms with Crippen LogP contribution >= 0.6 is 21.6 Å². The first kappa shape index (κ1) is 94.7. The Kier molecular flexibility index (Phi) is 43.6. The Morgan fingerprint density at radius 3 is 1.41 bits per heavy atom. The molecule has 0 spiro atoms. The van der Waals surface area contributed by atoms with Crippen molar-refractivity contribution in [1.29, 1.82) is 0 Å². The van der Waals surface area contributed by atoms with Gasteiger partial charge in [-0.3, -0.25) is 87.1 Å². The van der Waals surface area contributed by atoms with E-state index in [1.165, 1.54) is 0 Å². The van der Waals surface area contributed by atoms with Crippen LogP contribution in [0, 0.1) is 17.8 Å². The fourth-order valence-corrected chi connectivity index (χ4v) is 13.9. The van der Waals surface area contributed by atoms with Crippen molar-refractivity contribution in [2.24, 2.45) is 95.1 Å². The molecule has 33 N–H and O–H groups in total. The molecule has 13 amide bonds. The number of carboxylic acids is 1. The predicted molar refractivity (Wildman–Crippen MR) is 420 cm³/mol. The lowest BCUT2D eigenvalue weighted by atomic mass is 9.84. The summed E-state index contributed by atoms with van der Waals surface area (Å²) in [7, 11) is 1.89. The molecular weight excluding hydrogens is 1490 g/mol. The molecule has 0 aromatic heterocycles. The average Bonchev–Trinajstić information content (AvgIpc) is 0.851. The highest BCUT2D eigenvalue weighted by Gasteiger charge is 2.39. The van der Waals surface area contributed by atoms with E-state index in [0.29, 0.717) is 18.4 Å². The molecule has 1 aliphatic heterocycles. The highest BCUT2D eigenvalue weighted by atomic mass is 33.1. The van der Waals surface area contributed by atoms with Crippen molar-refractivity contribution in [3.8, 4) is 0 Å². The molecule has 13 atom stereocenters. The molecular formula is C68H116N26O15S2. The number of hydrogen-bond acceptors (Lipinski definition) is 21. The van der Waals surface area contributed by atoms with E-state index >= 15 is 0 Å². The molecule has 43 heteroatoms. The van der Waals surface area contributed by atoms with E-state index in [1.54, 1.807) is 58.0 Å². The summed E-state index contributed by atoms with van der Waals surface area (Å²) in [6.45, 7) is 4.99. The van der Waals surface area contributed by atoms with E-state index in [0.717, 1.165) is 40.9 Å². The first-order valence-corrected chi connectivity index (χ1v) is 39.4. The first-order valence-electron chi connectivity index (χ1n) is 37.0. The van der Waals surface area contributed by atoms with Crippen molar-refractivity contribution >= 4 is 128 Å². The molecule has 0 radical (unpaired) electrons. The molecule has 1 aromatic rings. The van der Waals surface area contributed by atoms with Gasteiger partial charge in [-0.25, -0.2) is 0 Å². The first-order chi connectivity index (χ1) is 52.6. The smallest absolute Gasteiger partial charge is 0.305 e. The Morgan fingerprint density at radius 1 is 0.495 bits per heavy atom. The van der Waals surface area contributed by atoms with Crippen LogP contribution in [0.2, 0.25) is 0 Å². The molecule has 1 heterocycles. The number of aliphatic carboxylic acids is 1. The van der Waals surface area contributed by atoms with Crippen LogP contribution in [-0.2, 0) is 73.5 Å². The number of carbonyl (C=O) groups is 14. The normalized spacial score (nSPS) is 23.6. The molecule has 0 unspecified atom stereocenters. The third-order valence-electron chi connectivity index (χ3n) is 18.2. The van der Waals surface area contributed by atoms with Crippen LogP contribution in [0.4, 0.5) is 0 Å². The molecule has 3 rings (SSSR count). The highest BCUT2D eigenvalue weighted by Crippen LogP contribution is 2.28. The van der Waals surface area contributed by atoms with Crippen LogP contribution in [0.3, 0.4) is 0 Å². The van der Waals surface area contributed by atoms with Gasteiger partial charge in [0.05, 0.1) is 25.6 Å². The van der Waals surface area contributed by atoms with E-state index in [1.807, 2.05) is 0 Å². The molecule has 2 fully saturated rings. The van der Waals surface area contributed by atoms with Gasteiger partial charge in [-0.2, -0.15) is 0 Å². The summed E-state index contributed by atoms with van der Waals surface area (Å²) in [5.74, 6) is -17.1. The number of nitrogens with one attached hydrogen (secondary N) is 12. The number of hydrogen-bond donors (Lipinski definition) is 23. The lowest BCUT2D eigenvalue weighted by Crippen LogP contribution is -2.62. The van der Waals surface area contributed by atoms with E-state index in [2.05, 4.69) is 83.8 Å². The van der Waals surface area contributed by atoms with Crippen LogP contribution in [0.25, 0.3) is 0 Å². The highest BCUT2D eigenvalue weighted by molar-refractivity contribution is 8.76. The van der Waals surface area contributed by atoms with Gasteiger partial charge < -0.3 is 126 Å². The maximum atomic E-state index is 14.9. The number of primary amides is 1. The second-order valence-corrected chi connectivity index (χ2v) is 29.7. The zero-order valence-electron chi connectivity index (χ0n) is 63.4. The standard InChI is InChI=1S/C68H116N26O15S2/c1-5-36(3)52-63(108)89-45(30-39-19-11-8-12-20-39)60(105)86-42(23-15-27-81-67(75)76)57(102)91-47(54(70)99)34-110-111-35-48(92-55(100)40(69)21-13-25-79-65(71)72)62(107)88-44(29-38-17-9-7-10-18-38)56(101)84-32-49(95)83-33-50(96)85-41(22-14-26-80-66(73)74)58(103)93-53(37(4)6-2)64(109)90-46(31-51(97)98)61(106)87-43(59(104)94-52)24-16-28-82-68(77)78/h8,11-12,19-20,36-38,40-48,52-53H,5-7,9-10,13-18,21-35,69H2,1-4H3,(H2,70,99)(H,83,95)(H,84,101)(H,85,96)(H,86,105)(H,87,106)(H,88,107)(H,89,108)(H,90,109)(H,91,102)(H,92,100)(H,93,103)(H,94,104)(H,97,98)(H4,71,72,79)(H4,73,74,80)(H4,75,76,81)(H4,77,78,82)/t36-,37-,40+,41+,42+,43-,44+,45-,46+,47+,48+,52+,53-/m0/s1. The molecule has 111 heavy (non-hydrogen) atoms. The predicted octanol–water partition coefficient (Wildman–Crippen LogP) is -6.73. The molecule has 1 aliphatic carbocycles. The second-order valence-electron chi connectivity index (χ2n) is 27.2. The van der Waals surface area contributed by atoms with E-state index in [-0.39, 0.29) is 144 Å². The Morgan fingerprint density at radius 2 is 0.928 bits per heavy atom. The van der Waals surface area contributed by atoms with Crippen LogP contribution < -0.4 is 121 Å². The third-order valence-corrected chi connectivity index (χ3v) is 20.6. The minimum absolute atomic E-state index is 0.00938. The SMILES string of the molecule is CC[C@H](C)[C@@H]1NC(=O)[C@@H](CCCN=C(N)N)NC(=O)CNC(=O)CNC(=O)[C@@H](CC2CCCCC2)NC(=O)[C@H](NC(=O)[C@H](N)CCCN=C(N)N)CSSC[C@H](C(N)=O)NC(=O)[C@@H](CCCN=C(N)N)NC(=O)[C@H](Cc2ccccc2)NC(=O)[C@@H]([C@@H](C)CC)NC(=O)[C@H](CCCN=C(N)N)NC(=O)[C@@H](CC(=O)O)NC1=O. The number of carboxylic acid groups (broad SMARTS) is 1. The van der Waals surface area contributed by atoms with Gasteiger partial charge in [0.1, 0.15) is 60.4 Å². The number of benzene rings is 1. The van der Waals surface area contributed by atoms with Gasteiger partial charge in [-0.1, -0.05) is 125 Å². The summed E-state index contributed by atoms with van der Waals surface area (Å²) in [6, 6.07) is -8.16. The van der Waals surface area contributed by atoms with Gasteiger partial charge in [0, 0.05) is 44.1 Å². The second kappa shape index (κ2) is 51.1. The Balaban J connectivity index is 2.28. The molecule has 41 nitrogen and oxygen atoms in total. The molecule has 2 aliphatic rings. The average molecular weight is 1600 g/mol. The number of guanidine groups is 4. The number of nitrogens with zero attached hydrogens (tertiary/aromatic N) is 4. The van der Waals surface area contributed by atoms with Crippen LogP contribution in [0.5, 0.6) is 0 Å². The molecule has 0 bridgehead atoms. The van der Waals surface area contributed by atoms with Crippen molar-refractivity contribution in [2.45, 2.75) is 210 Å². The van der Waals surface area contributed by atoms with Gasteiger partial charge >= 0.3 is 5.97 Å². The number of aliphatic imine (C=N–C) groups is 4. The summed E-state index contributed by atoms with van der Waals surface area (Å²) < 4.78 is 0. The van der Waals surface area contributed by atoms with Crippen molar-refractivity contribution in [3.63, 3.8) is 0 Å². The van der Waals surface area contributed by atoms with Crippen LogP contribution in [0.1, 0.15) is 142 Å². The summed E-state index contributed by atoms with van der Waals surface area (Å²) in [5.41, 5.74) is 57.2. The number of amides is 13. The minimum atomic E-state index is -1.96. The van der Waals surface area contributed by atoms with Gasteiger partial charge in [-0.15, -0.1) is 0 Å². The quantitative estimate of drug-likeness (QED) is 0.0153. The van der Waals surface area contributed by atoms with E-state index < -0.39 is 181 Å². The molecule has 1 saturated heterocycles. The van der Waals surface area contributed by atoms with Gasteiger partial charge in [0.2, 0.25) is 76.8 Å². The Hall–Kier alpha value is -10.5. The van der Waals surface area contributed by atoms with E-state index in [9.17, 15) is 72.2 Å². The fraction of sp³-hybridized carbons (Fsp3) is 0.647. The van der Waals surface area contributed by atoms with Crippen LogP contribution in [-0.4, -0.2) is 229 Å². The number of nitrogens with two attached hydrogens (primary N) is 10. The Bertz CT molecular complexity index is 3390. The molecule has 1 aromatic carbocycles. The van der Waals surface area contributed by atoms with Gasteiger partial charge in [-0.05, 0) is 81.1 Å². The van der Waals surface area contributed by atoms with Crippen molar-refractivity contribution in [3.05, 3.63) is 35.9 Å². The fourth-order valence-electron chi connectivity index (χ4n) is 11.6. The number of rotatable bonds is 29. The summed E-state index contributed by atoms with van der Waals surface area (Å²) in [4.78, 5) is 214. The maximum Gasteiger partial charge on any atom is 0.305 e. The van der Waals surface area contributed by atoms with Gasteiger partial charge in [0.15, 0.2) is 23.8 Å². The monoisotopic (exact) mass is 1600 g/mol. The summed E-state index contributed by atoms with van der Waals surface area (Å²) in [5, 5.41) is 41.1. The van der Waals surface area contributed by atoms with Crippen molar-refractivity contribution in [1.82, 2.24) is 63.8 Å². The third kappa shape index (κ3) is 37.7.